The fourth-order valence-corrected chi connectivity index (χ4v) is 3.84. The van der Waals surface area contributed by atoms with E-state index in [1.165, 1.54) is 0 Å². The van der Waals surface area contributed by atoms with Crippen molar-refractivity contribution in [2.75, 3.05) is 0 Å². The topological polar surface area (TPSA) is 61.6 Å². The van der Waals surface area contributed by atoms with Crippen LogP contribution >= 0.6 is 11.8 Å². The molecule has 1 N–H and O–H groups in total. The van der Waals surface area contributed by atoms with Crippen LogP contribution in [-0.4, -0.2) is 28.0 Å². The Balaban J connectivity index is 0.000000980. The molecule has 2 rings (SSSR count). The van der Waals surface area contributed by atoms with Crippen LogP contribution in [0, 0.1) is 0 Å². The average Bonchev–Trinajstić information content (AvgIpc) is 2.18. The second kappa shape index (κ2) is 3.40. The average molecular weight is 237 g/mol. The minimum absolute atomic E-state index is 0. The fraction of sp³-hybridized carbons (Fsp3) is 0.750. The van der Waals surface area contributed by atoms with Gasteiger partial charge in [-0.15, -0.1) is 0 Å². The van der Waals surface area contributed by atoms with Crippen molar-refractivity contribution < 1.29 is 32.0 Å². The Bertz CT molecular complexity index is 294. The van der Waals surface area contributed by atoms with Gasteiger partial charge in [0.15, 0.2) is 5.37 Å². The quantitative estimate of drug-likeness (QED) is 0.463. The molecule has 1 amide bonds. The number of carbonyl (C=O) groups is 2. The molecule has 1 unspecified atom stereocenters. The van der Waals surface area contributed by atoms with Crippen molar-refractivity contribution in [1.29, 1.82) is 0 Å². The third kappa shape index (κ3) is 1.43. The first-order valence-electron chi connectivity index (χ1n) is 4.22. The number of amides is 1. The van der Waals surface area contributed by atoms with Crippen LogP contribution in [0.15, 0.2) is 0 Å². The van der Waals surface area contributed by atoms with Crippen molar-refractivity contribution in [3.05, 3.63) is 0 Å². The Morgan fingerprint density at radius 3 is 2.57 bits per heavy atom. The molecule has 2 fully saturated rings. The summed E-state index contributed by atoms with van der Waals surface area (Å²) >= 11 is 1.58. The van der Waals surface area contributed by atoms with Crippen molar-refractivity contribution in [1.82, 2.24) is 0 Å². The van der Waals surface area contributed by atoms with Crippen molar-refractivity contribution >= 4 is 23.6 Å². The number of quaternary nitrogens is 1. The molecule has 0 aromatic heterocycles. The van der Waals surface area contributed by atoms with Crippen molar-refractivity contribution in [2.24, 2.45) is 0 Å². The monoisotopic (exact) mass is 236 g/mol. The van der Waals surface area contributed by atoms with Gasteiger partial charge in [0.1, 0.15) is 18.4 Å². The summed E-state index contributed by atoms with van der Waals surface area (Å²) in [6.07, 6.45) is 0.507. The van der Waals surface area contributed by atoms with E-state index in [1.807, 2.05) is 13.8 Å². The maximum atomic E-state index is 11.2. The Kier molecular flexibility index (Phi) is 2.87. The van der Waals surface area contributed by atoms with Crippen molar-refractivity contribution in [2.45, 2.75) is 36.4 Å². The van der Waals surface area contributed by atoms with E-state index in [0.29, 0.717) is 11.3 Å². The highest BCUT2D eigenvalue weighted by atomic mass is 35.5. The van der Waals surface area contributed by atoms with E-state index in [0.717, 1.165) is 0 Å². The largest absolute Gasteiger partial charge is 1.00 e. The van der Waals surface area contributed by atoms with Gasteiger partial charge in [0.2, 0.25) is 0 Å². The summed E-state index contributed by atoms with van der Waals surface area (Å²) in [7, 11) is 0. The molecular formula is C8H11ClNO3S-. The number of halogens is 1. The molecule has 14 heavy (non-hydrogen) atoms. The number of rotatable bonds is 1. The van der Waals surface area contributed by atoms with Crippen molar-refractivity contribution in [3.63, 3.8) is 0 Å². The van der Waals surface area contributed by atoms with E-state index in [2.05, 4.69) is 0 Å². The summed E-state index contributed by atoms with van der Waals surface area (Å²) < 4.78 is -0.384. The predicted octanol–water partition coefficient (Wildman–Crippen LogP) is -5.22. The van der Waals surface area contributed by atoms with Gasteiger partial charge in [-0.05, 0) is 13.8 Å². The second-order valence-electron chi connectivity index (χ2n) is 4.04. The lowest BCUT2D eigenvalue weighted by Crippen LogP contribution is -3.27. The van der Waals surface area contributed by atoms with Gasteiger partial charge >= 0.3 is 5.91 Å². The van der Waals surface area contributed by atoms with E-state index in [4.69, 9.17) is 0 Å². The molecule has 2 heterocycles. The van der Waals surface area contributed by atoms with Crippen LogP contribution < -0.4 is 22.4 Å². The van der Waals surface area contributed by atoms with E-state index < -0.39 is 12.0 Å². The molecule has 0 bridgehead atoms. The lowest BCUT2D eigenvalue weighted by Gasteiger charge is -2.32. The number of nitrogens with one attached hydrogen (secondary N) is 1. The molecule has 2 saturated heterocycles. The van der Waals surface area contributed by atoms with E-state index in [-0.39, 0.29) is 28.4 Å². The van der Waals surface area contributed by atoms with Crippen LogP contribution in [0.2, 0.25) is 0 Å². The van der Waals surface area contributed by atoms with E-state index in [1.54, 1.807) is 11.8 Å². The molecule has 0 spiro atoms. The molecule has 80 valence electrons. The smallest absolute Gasteiger partial charge is 0.320 e. The van der Waals surface area contributed by atoms with Gasteiger partial charge in [0.05, 0.1) is 4.75 Å². The zero-order valence-corrected chi connectivity index (χ0v) is 9.45. The number of carboxylic acids is 1. The number of hydrogen-bond donors (Lipinski definition) is 1. The molecular weight excluding hydrogens is 226 g/mol. The Morgan fingerprint density at radius 1 is 1.64 bits per heavy atom. The third-order valence-electron chi connectivity index (χ3n) is 2.73. The molecule has 4 nitrogen and oxygen atoms in total. The zero-order chi connectivity index (χ0) is 9.80. The molecule has 0 saturated carbocycles. The number of carbonyl (C=O) groups excluding carboxylic acids is 2. The summed E-state index contributed by atoms with van der Waals surface area (Å²) in [5.74, 6) is -1.10. The standard InChI is InChI=1S/C8H11NO3S.ClH/c1-8(2)6(7(11)12)9-4(10)3-5(9)13-8;/h5-6H,3H2,1-2H3,(H,11,12);1H/p-1/t5-,6+;/m1./s1. The van der Waals surface area contributed by atoms with Gasteiger partial charge in [-0.1, -0.05) is 11.8 Å². The summed E-state index contributed by atoms with van der Waals surface area (Å²) in [5.41, 5.74) is 0. The lowest BCUT2D eigenvalue weighted by molar-refractivity contribution is -0.875. The summed E-state index contributed by atoms with van der Waals surface area (Å²) in [6.45, 7) is 3.72. The number of thioether (sulfide) groups is 1. The number of carboxylic acid groups (broad SMARTS) is 1. The number of aliphatic carboxylic acids is 1. The lowest BCUT2D eigenvalue weighted by atomic mass is 9.98. The molecule has 2 aliphatic heterocycles. The van der Waals surface area contributed by atoms with Gasteiger partial charge in [-0.25, -0.2) is 4.79 Å². The van der Waals surface area contributed by atoms with Gasteiger partial charge in [-0.2, -0.15) is 0 Å². The van der Waals surface area contributed by atoms with E-state index in [9.17, 15) is 14.7 Å². The predicted molar refractivity (Wildman–Crippen MR) is 44.8 cm³/mol. The van der Waals surface area contributed by atoms with Gasteiger partial charge in [0, 0.05) is 0 Å². The minimum atomic E-state index is -1.11. The zero-order valence-electron chi connectivity index (χ0n) is 7.87. The first kappa shape index (κ1) is 11.8. The second-order valence-corrected chi connectivity index (χ2v) is 5.90. The van der Waals surface area contributed by atoms with Crippen LogP contribution in [0.25, 0.3) is 0 Å². The molecule has 6 heteroatoms. The maximum absolute atomic E-state index is 11.2. The highest BCUT2D eigenvalue weighted by molar-refractivity contribution is 8.01. The number of fused-ring (bicyclic) bond motifs is 1. The molecule has 2 aliphatic rings. The maximum Gasteiger partial charge on any atom is 0.320 e. The molecule has 0 aromatic carbocycles. The molecule has 0 aliphatic carbocycles. The van der Waals surface area contributed by atoms with Gasteiger partial charge < -0.3 is 22.3 Å². The van der Waals surface area contributed by atoms with Crippen LogP contribution in [0.3, 0.4) is 0 Å². The minimum Gasteiger partial charge on any atom is -1.00 e. The normalized spacial score (nSPS) is 38.1. The summed E-state index contributed by atoms with van der Waals surface area (Å²) in [6, 6.07) is -0.677. The first-order chi connectivity index (χ1) is 5.93. The highest BCUT2D eigenvalue weighted by Crippen LogP contribution is 2.38. The third-order valence-corrected chi connectivity index (χ3v) is 4.28. The van der Waals surface area contributed by atoms with Crippen LogP contribution in [-0.2, 0) is 9.59 Å². The highest BCUT2D eigenvalue weighted by Gasteiger charge is 2.61. The summed E-state index contributed by atoms with van der Waals surface area (Å²) in [5, 5.41) is 11.0. The Labute approximate surface area is 92.4 Å². The first-order valence-corrected chi connectivity index (χ1v) is 5.10. The molecule has 3 atom stereocenters. The van der Waals surface area contributed by atoms with E-state index >= 15 is 0 Å². The van der Waals surface area contributed by atoms with Crippen LogP contribution in [0.5, 0.6) is 0 Å². The fourth-order valence-electron chi connectivity index (χ4n) is 2.12. The SMILES string of the molecule is CC1(C)S[C@@H]2CC(=O)[NH+]2[C@H]1C(=O)[O-].[Cl-]. The summed E-state index contributed by atoms with van der Waals surface area (Å²) in [4.78, 5) is 22.6. The van der Waals surface area contributed by atoms with Crippen LogP contribution in [0.4, 0.5) is 0 Å². The van der Waals surface area contributed by atoms with Crippen molar-refractivity contribution in [3.8, 4) is 0 Å². The van der Waals surface area contributed by atoms with Gasteiger partial charge in [0.25, 0.3) is 0 Å². The Morgan fingerprint density at radius 2 is 2.21 bits per heavy atom. The van der Waals surface area contributed by atoms with Crippen LogP contribution in [0.1, 0.15) is 20.3 Å². The number of hydrogen-bond acceptors (Lipinski definition) is 4. The number of β-lactam (4-membered cyclic amide) rings is 1. The molecule has 0 aromatic rings. The Hall–Kier alpha value is -0.260. The molecule has 0 radical (unpaired) electrons. The van der Waals surface area contributed by atoms with Gasteiger partial charge in [-0.3, -0.25) is 4.90 Å².